The van der Waals surface area contributed by atoms with Gasteiger partial charge in [-0.2, -0.15) is 4.52 Å². The zero-order valence-corrected chi connectivity index (χ0v) is 19.4. The lowest BCUT2D eigenvalue weighted by atomic mass is 9.89. The van der Waals surface area contributed by atoms with Crippen LogP contribution >= 0.6 is 11.3 Å². The number of nitrogens with two attached hydrogens (primary N) is 1. The summed E-state index contributed by atoms with van der Waals surface area (Å²) in [5.74, 6) is 0. The maximum absolute atomic E-state index is 13.6. The van der Waals surface area contributed by atoms with Gasteiger partial charge in [-0.05, 0) is 55.0 Å². The zero-order chi connectivity index (χ0) is 22.7. The lowest BCUT2D eigenvalue weighted by Crippen LogP contribution is -2.35. The first-order valence-corrected chi connectivity index (χ1v) is 12.4. The molecule has 0 saturated heterocycles. The van der Waals surface area contributed by atoms with Gasteiger partial charge in [0.1, 0.15) is 0 Å². The first-order chi connectivity index (χ1) is 15.2. The van der Waals surface area contributed by atoms with Crippen LogP contribution in [0.25, 0.3) is 15.9 Å². The normalized spacial score (nSPS) is 14.1. The quantitative estimate of drug-likeness (QED) is 0.432. The predicted molar refractivity (Wildman–Crippen MR) is 125 cm³/mol. The van der Waals surface area contributed by atoms with Gasteiger partial charge in [-0.3, -0.25) is 0 Å². The molecule has 3 aromatic heterocycles. The van der Waals surface area contributed by atoms with Crippen LogP contribution in [-0.4, -0.2) is 28.2 Å². The molecule has 32 heavy (non-hydrogen) atoms. The van der Waals surface area contributed by atoms with Crippen molar-refractivity contribution in [2.45, 2.75) is 36.2 Å². The van der Waals surface area contributed by atoms with Crippen LogP contribution in [-0.2, 0) is 15.4 Å². The number of rotatable bonds is 4. The van der Waals surface area contributed by atoms with Gasteiger partial charge < -0.3 is 5.73 Å². The number of hydrogen-bond acceptors (Lipinski definition) is 7. The van der Waals surface area contributed by atoms with Gasteiger partial charge in [-0.25, -0.2) is 13.4 Å². The SMILES string of the molecule is Cc1ccc(C)c(S(=O)(=O)c2nnn3c2nc(C(C)(N)c2ccccc2)c2sccc23)c1. The van der Waals surface area contributed by atoms with Crippen molar-refractivity contribution >= 4 is 37.0 Å². The van der Waals surface area contributed by atoms with E-state index in [1.54, 1.807) is 19.1 Å². The molecule has 5 rings (SSSR count). The number of hydrogen-bond donors (Lipinski definition) is 1. The van der Waals surface area contributed by atoms with Gasteiger partial charge >= 0.3 is 0 Å². The molecule has 162 valence electrons. The number of fused-ring (bicyclic) bond motifs is 3. The Morgan fingerprint density at radius 1 is 1.06 bits per heavy atom. The summed E-state index contributed by atoms with van der Waals surface area (Å²) in [5, 5.41) is 9.95. The topological polar surface area (TPSA) is 103 Å². The average molecular weight is 464 g/mol. The third kappa shape index (κ3) is 3.04. The third-order valence-electron chi connectivity index (χ3n) is 5.68. The second-order valence-electron chi connectivity index (χ2n) is 8.07. The molecule has 0 amide bonds. The van der Waals surface area contributed by atoms with Gasteiger partial charge in [0.25, 0.3) is 0 Å². The highest BCUT2D eigenvalue weighted by molar-refractivity contribution is 7.91. The van der Waals surface area contributed by atoms with Crippen LogP contribution < -0.4 is 5.73 Å². The fraction of sp³-hybridized carbons (Fsp3) is 0.174. The van der Waals surface area contributed by atoms with Gasteiger partial charge in [-0.1, -0.05) is 47.7 Å². The molecule has 0 aliphatic heterocycles. The molecule has 1 atom stereocenters. The smallest absolute Gasteiger partial charge is 0.229 e. The molecule has 1 unspecified atom stereocenters. The molecule has 0 radical (unpaired) electrons. The van der Waals surface area contributed by atoms with Crippen LogP contribution in [0.1, 0.15) is 29.3 Å². The van der Waals surface area contributed by atoms with E-state index in [-0.39, 0.29) is 15.6 Å². The van der Waals surface area contributed by atoms with Crippen molar-refractivity contribution in [3.8, 4) is 0 Å². The molecule has 0 saturated carbocycles. The molecule has 0 aliphatic carbocycles. The van der Waals surface area contributed by atoms with Crippen LogP contribution in [0.5, 0.6) is 0 Å². The number of benzene rings is 2. The molecule has 0 bridgehead atoms. The molecule has 0 aliphatic rings. The standard InChI is InChI=1S/C23H21N5O2S2/c1-14-9-10-15(2)18(13-14)32(29,30)22-21-25-20(23(3,24)16-7-5-4-6-8-16)19-17(11-12-31-19)28(21)27-26-22/h4-13H,24H2,1-3H3. The second-order valence-corrected chi connectivity index (χ2v) is 10.8. The molecular formula is C23H21N5O2S2. The molecule has 2 N–H and O–H groups in total. The van der Waals surface area contributed by atoms with E-state index in [2.05, 4.69) is 10.3 Å². The van der Waals surface area contributed by atoms with Crippen molar-refractivity contribution in [1.82, 2.24) is 19.8 Å². The van der Waals surface area contributed by atoms with Crippen molar-refractivity contribution < 1.29 is 8.42 Å². The monoisotopic (exact) mass is 463 g/mol. The molecule has 3 heterocycles. The number of thiophene rings is 1. The number of aromatic nitrogens is 4. The lowest BCUT2D eigenvalue weighted by molar-refractivity contribution is 0.586. The minimum Gasteiger partial charge on any atom is -0.317 e. The van der Waals surface area contributed by atoms with E-state index < -0.39 is 15.4 Å². The van der Waals surface area contributed by atoms with Crippen molar-refractivity contribution in [3.63, 3.8) is 0 Å². The molecule has 2 aromatic carbocycles. The molecule has 9 heteroatoms. The fourth-order valence-electron chi connectivity index (χ4n) is 3.87. The fourth-order valence-corrected chi connectivity index (χ4v) is 6.41. The van der Waals surface area contributed by atoms with E-state index in [0.717, 1.165) is 21.3 Å². The Morgan fingerprint density at radius 3 is 2.56 bits per heavy atom. The molecule has 0 fully saturated rings. The van der Waals surface area contributed by atoms with Gasteiger partial charge in [0.05, 0.1) is 26.3 Å². The highest BCUT2D eigenvalue weighted by atomic mass is 32.2. The van der Waals surface area contributed by atoms with E-state index in [9.17, 15) is 8.42 Å². The molecule has 0 spiro atoms. The van der Waals surface area contributed by atoms with Crippen molar-refractivity contribution in [2.24, 2.45) is 5.73 Å². The summed E-state index contributed by atoms with van der Waals surface area (Å²) in [6.07, 6.45) is 0. The van der Waals surface area contributed by atoms with Crippen molar-refractivity contribution in [1.29, 1.82) is 0 Å². The minimum absolute atomic E-state index is 0.166. The summed E-state index contributed by atoms with van der Waals surface area (Å²) in [7, 11) is -3.95. The average Bonchev–Trinajstić information content (AvgIpc) is 3.42. The van der Waals surface area contributed by atoms with E-state index in [0.29, 0.717) is 11.3 Å². The van der Waals surface area contributed by atoms with Gasteiger partial charge in [0, 0.05) is 0 Å². The van der Waals surface area contributed by atoms with Crippen LogP contribution in [0.3, 0.4) is 0 Å². The van der Waals surface area contributed by atoms with Crippen LogP contribution in [0.4, 0.5) is 0 Å². The Hall–Kier alpha value is -3.14. The Bertz CT molecular complexity index is 1590. The Kier molecular flexibility index (Phi) is 4.66. The Morgan fingerprint density at radius 2 is 1.81 bits per heavy atom. The van der Waals surface area contributed by atoms with Crippen LogP contribution in [0, 0.1) is 13.8 Å². The second kappa shape index (κ2) is 7.19. The largest absolute Gasteiger partial charge is 0.317 e. The minimum atomic E-state index is -3.95. The molecule has 7 nitrogen and oxygen atoms in total. The van der Waals surface area contributed by atoms with Crippen molar-refractivity contribution in [2.75, 3.05) is 0 Å². The van der Waals surface area contributed by atoms with Crippen LogP contribution in [0.15, 0.2) is 69.9 Å². The first-order valence-electron chi connectivity index (χ1n) is 10.0. The summed E-state index contributed by atoms with van der Waals surface area (Å²) in [4.78, 5) is 4.97. The van der Waals surface area contributed by atoms with Gasteiger partial charge in [-0.15, -0.1) is 16.4 Å². The van der Waals surface area contributed by atoms with E-state index >= 15 is 0 Å². The zero-order valence-electron chi connectivity index (χ0n) is 17.8. The summed E-state index contributed by atoms with van der Waals surface area (Å²) < 4.78 is 29.5. The van der Waals surface area contributed by atoms with E-state index in [1.807, 2.05) is 61.7 Å². The third-order valence-corrected chi connectivity index (χ3v) is 8.38. The predicted octanol–water partition coefficient (Wildman–Crippen LogP) is 4.01. The Labute approximate surface area is 189 Å². The number of nitrogens with zero attached hydrogens (tertiary/aromatic N) is 4. The molecular weight excluding hydrogens is 442 g/mol. The highest BCUT2D eigenvalue weighted by Crippen LogP contribution is 2.36. The number of aryl methyl sites for hydroxylation is 2. The Balaban J connectivity index is 1.82. The van der Waals surface area contributed by atoms with Gasteiger partial charge in [0.2, 0.25) is 14.9 Å². The maximum atomic E-state index is 13.6. The van der Waals surface area contributed by atoms with E-state index in [4.69, 9.17) is 10.7 Å². The molecule has 5 aromatic rings. The lowest BCUT2D eigenvalue weighted by Gasteiger charge is -2.25. The first kappa shape index (κ1) is 20.7. The summed E-state index contributed by atoms with van der Waals surface area (Å²) in [5.41, 5.74) is 9.68. The maximum Gasteiger partial charge on any atom is 0.229 e. The van der Waals surface area contributed by atoms with E-state index in [1.165, 1.54) is 15.9 Å². The highest BCUT2D eigenvalue weighted by Gasteiger charge is 2.33. The van der Waals surface area contributed by atoms with Gasteiger partial charge in [0.15, 0.2) is 5.65 Å². The number of sulfone groups is 1. The van der Waals surface area contributed by atoms with Crippen molar-refractivity contribution in [3.05, 3.63) is 82.4 Å². The summed E-state index contributed by atoms with van der Waals surface area (Å²) in [6, 6.07) is 16.8. The van der Waals surface area contributed by atoms with Crippen LogP contribution in [0.2, 0.25) is 0 Å². The summed E-state index contributed by atoms with van der Waals surface area (Å²) in [6.45, 7) is 5.50. The summed E-state index contributed by atoms with van der Waals surface area (Å²) >= 11 is 1.49.